The van der Waals surface area contributed by atoms with Gasteiger partial charge in [-0.05, 0) is 51.4 Å². The van der Waals surface area contributed by atoms with Crippen LogP contribution in [0.4, 0.5) is 5.69 Å². The highest BCUT2D eigenvalue weighted by Gasteiger charge is 2.19. The van der Waals surface area contributed by atoms with Gasteiger partial charge in [-0.15, -0.1) is 0 Å². The third kappa shape index (κ3) is 5.84. The maximum Gasteiger partial charge on any atom is 0.224 e. The van der Waals surface area contributed by atoms with Crippen molar-refractivity contribution in [1.82, 2.24) is 0 Å². The first-order valence-electron chi connectivity index (χ1n) is 6.80. The minimum Gasteiger partial charge on any atom is -0.330 e. The minimum absolute atomic E-state index is 0.0375. The molecule has 1 aromatic rings. The van der Waals surface area contributed by atoms with E-state index in [0.29, 0.717) is 25.1 Å². The van der Waals surface area contributed by atoms with Gasteiger partial charge in [0.1, 0.15) is 0 Å². The molecule has 0 aliphatic rings. The van der Waals surface area contributed by atoms with Crippen LogP contribution in [0.1, 0.15) is 39.2 Å². The average Bonchev–Trinajstić information content (AvgIpc) is 2.35. The van der Waals surface area contributed by atoms with E-state index < -0.39 is 10.8 Å². The number of hydrogen-bond donors (Lipinski definition) is 2. The van der Waals surface area contributed by atoms with Gasteiger partial charge in [0.2, 0.25) is 5.91 Å². The lowest BCUT2D eigenvalue weighted by Crippen LogP contribution is -2.23. The molecule has 0 aromatic heterocycles. The van der Waals surface area contributed by atoms with E-state index in [1.54, 1.807) is 0 Å². The highest BCUT2D eigenvalue weighted by molar-refractivity contribution is 7.85. The van der Waals surface area contributed by atoms with Gasteiger partial charge in [0.05, 0.1) is 0 Å². The van der Waals surface area contributed by atoms with Gasteiger partial charge in [-0.2, -0.15) is 0 Å². The first kappa shape index (κ1) is 16.9. The fourth-order valence-corrected chi connectivity index (χ4v) is 2.51. The number of hydrogen-bond acceptors (Lipinski definition) is 3. The molecule has 4 nitrogen and oxygen atoms in total. The van der Waals surface area contributed by atoms with E-state index >= 15 is 0 Å². The summed E-state index contributed by atoms with van der Waals surface area (Å²) in [5, 5.41) is 2.84. The Hall–Kier alpha value is -1.20. The second-order valence-corrected chi connectivity index (χ2v) is 7.95. The predicted octanol–water partition coefficient (Wildman–Crippen LogP) is 2.41. The van der Waals surface area contributed by atoms with E-state index in [2.05, 4.69) is 5.32 Å². The SMILES string of the molecule is CC(C)(C)S(=O)Cc1cccc(NC(=O)CCCN)c1. The van der Waals surface area contributed by atoms with E-state index in [0.717, 1.165) is 11.3 Å². The van der Waals surface area contributed by atoms with Crippen molar-refractivity contribution in [3.63, 3.8) is 0 Å². The molecule has 0 fully saturated rings. The van der Waals surface area contributed by atoms with Crippen LogP contribution in [0, 0.1) is 0 Å². The van der Waals surface area contributed by atoms with Gasteiger partial charge in [0.15, 0.2) is 0 Å². The van der Waals surface area contributed by atoms with Crippen LogP contribution in [0.5, 0.6) is 0 Å². The number of nitrogens with one attached hydrogen (secondary N) is 1. The van der Waals surface area contributed by atoms with Crippen molar-refractivity contribution in [2.45, 2.75) is 44.1 Å². The zero-order chi connectivity index (χ0) is 15.2. The second-order valence-electron chi connectivity index (χ2n) is 5.74. The average molecular weight is 296 g/mol. The molecule has 0 aliphatic heterocycles. The van der Waals surface area contributed by atoms with Gasteiger partial charge < -0.3 is 11.1 Å². The Balaban J connectivity index is 2.66. The molecule has 0 aliphatic carbocycles. The first-order chi connectivity index (χ1) is 9.32. The Bertz CT molecular complexity index is 481. The number of carbonyl (C=O) groups excluding carboxylic acids is 1. The molecule has 20 heavy (non-hydrogen) atoms. The minimum atomic E-state index is -0.943. The van der Waals surface area contributed by atoms with E-state index in [9.17, 15) is 9.00 Å². The number of nitrogens with two attached hydrogens (primary N) is 1. The van der Waals surface area contributed by atoms with Crippen molar-refractivity contribution in [2.75, 3.05) is 11.9 Å². The Morgan fingerprint density at radius 1 is 1.35 bits per heavy atom. The van der Waals surface area contributed by atoms with Crippen LogP contribution in [0.15, 0.2) is 24.3 Å². The highest BCUT2D eigenvalue weighted by atomic mass is 32.2. The quantitative estimate of drug-likeness (QED) is 0.846. The van der Waals surface area contributed by atoms with Gasteiger partial charge in [-0.3, -0.25) is 9.00 Å². The monoisotopic (exact) mass is 296 g/mol. The Morgan fingerprint density at radius 3 is 2.65 bits per heavy atom. The zero-order valence-electron chi connectivity index (χ0n) is 12.4. The summed E-state index contributed by atoms with van der Waals surface area (Å²) in [6.07, 6.45) is 1.11. The molecule has 5 heteroatoms. The van der Waals surface area contributed by atoms with Crippen molar-refractivity contribution in [3.05, 3.63) is 29.8 Å². The smallest absolute Gasteiger partial charge is 0.224 e. The van der Waals surface area contributed by atoms with Crippen molar-refractivity contribution < 1.29 is 9.00 Å². The van der Waals surface area contributed by atoms with Crippen molar-refractivity contribution in [1.29, 1.82) is 0 Å². The van der Waals surface area contributed by atoms with E-state index in [1.165, 1.54) is 0 Å². The maximum atomic E-state index is 12.1. The summed E-state index contributed by atoms with van der Waals surface area (Å²) in [5.74, 6) is 0.459. The summed E-state index contributed by atoms with van der Waals surface area (Å²) in [4.78, 5) is 11.6. The molecule has 1 rings (SSSR count). The van der Waals surface area contributed by atoms with Gasteiger partial charge in [-0.1, -0.05) is 12.1 Å². The standard InChI is InChI=1S/C15H24N2O2S/c1-15(2,3)20(19)11-12-6-4-7-13(10-12)17-14(18)8-5-9-16/h4,6-7,10H,5,8-9,11,16H2,1-3H3,(H,17,18). The third-order valence-corrected chi connectivity index (χ3v) is 4.76. The predicted molar refractivity (Wildman–Crippen MR) is 85.0 cm³/mol. The molecular formula is C15H24N2O2S. The van der Waals surface area contributed by atoms with Crippen molar-refractivity contribution in [2.24, 2.45) is 5.73 Å². The number of rotatable bonds is 6. The van der Waals surface area contributed by atoms with Crippen LogP contribution in [-0.4, -0.2) is 21.4 Å². The Labute approximate surface area is 123 Å². The summed E-state index contributed by atoms with van der Waals surface area (Å²) >= 11 is 0. The summed E-state index contributed by atoms with van der Waals surface area (Å²) in [6, 6.07) is 7.51. The summed E-state index contributed by atoms with van der Waals surface area (Å²) in [6.45, 7) is 6.39. The molecule has 1 atom stereocenters. The number of anilines is 1. The van der Waals surface area contributed by atoms with E-state index in [-0.39, 0.29) is 10.7 Å². The maximum absolute atomic E-state index is 12.1. The highest BCUT2D eigenvalue weighted by Crippen LogP contribution is 2.18. The normalized spacial score (nSPS) is 13.0. The summed E-state index contributed by atoms with van der Waals surface area (Å²) < 4.78 is 11.9. The van der Waals surface area contributed by atoms with Crippen molar-refractivity contribution >= 4 is 22.4 Å². The molecular weight excluding hydrogens is 272 g/mol. The summed E-state index contributed by atoms with van der Waals surface area (Å²) in [5.41, 5.74) is 7.09. The van der Waals surface area contributed by atoms with Gasteiger partial charge in [-0.25, -0.2) is 0 Å². The molecule has 3 N–H and O–H groups in total. The topological polar surface area (TPSA) is 72.2 Å². The van der Waals surface area contributed by atoms with E-state index in [1.807, 2.05) is 45.0 Å². The molecule has 0 heterocycles. The molecule has 0 saturated heterocycles. The molecule has 0 radical (unpaired) electrons. The Morgan fingerprint density at radius 2 is 2.05 bits per heavy atom. The molecule has 112 valence electrons. The number of carbonyl (C=O) groups is 1. The Kier molecular flexibility index (Phi) is 6.36. The van der Waals surface area contributed by atoms with Gasteiger partial charge in [0.25, 0.3) is 0 Å². The zero-order valence-corrected chi connectivity index (χ0v) is 13.3. The number of benzene rings is 1. The molecule has 1 aromatic carbocycles. The molecule has 1 amide bonds. The van der Waals surface area contributed by atoms with Gasteiger partial charge in [0, 0.05) is 33.4 Å². The van der Waals surface area contributed by atoms with Crippen LogP contribution in [0.2, 0.25) is 0 Å². The molecule has 0 bridgehead atoms. The van der Waals surface area contributed by atoms with Crippen LogP contribution < -0.4 is 11.1 Å². The lowest BCUT2D eigenvalue weighted by atomic mass is 10.2. The lowest BCUT2D eigenvalue weighted by molar-refractivity contribution is -0.116. The van der Waals surface area contributed by atoms with Crippen molar-refractivity contribution in [3.8, 4) is 0 Å². The first-order valence-corrected chi connectivity index (χ1v) is 8.12. The number of amides is 1. The van der Waals surface area contributed by atoms with Crippen LogP contribution >= 0.6 is 0 Å². The third-order valence-electron chi connectivity index (χ3n) is 2.80. The van der Waals surface area contributed by atoms with Gasteiger partial charge >= 0.3 is 0 Å². The molecule has 0 spiro atoms. The van der Waals surface area contributed by atoms with E-state index in [4.69, 9.17) is 5.73 Å². The lowest BCUT2D eigenvalue weighted by Gasteiger charge is -2.18. The van der Waals surface area contributed by atoms with Crippen LogP contribution in [0.3, 0.4) is 0 Å². The fraction of sp³-hybridized carbons (Fsp3) is 0.533. The largest absolute Gasteiger partial charge is 0.330 e. The molecule has 0 saturated carbocycles. The molecule has 1 unspecified atom stereocenters. The second kappa shape index (κ2) is 7.55. The fourth-order valence-electron chi connectivity index (χ4n) is 1.59. The van der Waals surface area contributed by atoms with Crippen LogP contribution in [0.25, 0.3) is 0 Å². The van der Waals surface area contributed by atoms with Crippen LogP contribution in [-0.2, 0) is 21.3 Å². The summed E-state index contributed by atoms with van der Waals surface area (Å²) in [7, 11) is -0.943.